The van der Waals surface area contributed by atoms with E-state index < -0.39 is 0 Å². The molecule has 1 amide bonds. The van der Waals surface area contributed by atoms with Gasteiger partial charge in [0.1, 0.15) is 15.8 Å². The third-order valence-electron chi connectivity index (χ3n) is 6.53. The van der Waals surface area contributed by atoms with Crippen LogP contribution in [0.15, 0.2) is 46.2 Å². The van der Waals surface area contributed by atoms with E-state index in [4.69, 9.17) is 31.4 Å². The van der Waals surface area contributed by atoms with E-state index in [9.17, 15) is 9.59 Å². The van der Waals surface area contributed by atoms with Crippen LogP contribution in [0.1, 0.15) is 29.5 Å². The maximum atomic E-state index is 13.6. The molecule has 6 rings (SSSR count). The summed E-state index contributed by atoms with van der Waals surface area (Å²) >= 11 is 6.71. The number of thioether (sulfide) groups is 1. The summed E-state index contributed by atoms with van der Waals surface area (Å²) in [5, 5.41) is 3.30. The van der Waals surface area contributed by atoms with Crippen molar-refractivity contribution in [3.63, 3.8) is 0 Å². The molecule has 0 bridgehead atoms. The molecule has 1 atom stereocenters. The van der Waals surface area contributed by atoms with Crippen molar-refractivity contribution in [2.24, 2.45) is 0 Å². The Morgan fingerprint density at radius 1 is 1.24 bits per heavy atom. The van der Waals surface area contributed by atoms with E-state index in [1.807, 2.05) is 31.2 Å². The lowest BCUT2D eigenvalue weighted by Gasteiger charge is -2.15. The van der Waals surface area contributed by atoms with Crippen LogP contribution in [-0.4, -0.2) is 50.6 Å². The Balaban J connectivity index is 1.33. The summed E-state index contributed by atoms with van der Waals surface area (Å²) in [6.45, 7) is 3.64. The Bertz CT molecular complexity index is 1510. The van der Waals surface area contributed by atoms with Gasteiger partial charge < -0.3 is 19.5 Å². The van der Waals surface area contributed by atoms with E-state index in [0.29, 0.717) is 44.3 Å². The third-order valence-corrected chi connectivity index (χ3v) is 7.91. The second kappa shape index (κ2) is 9.81. The highest BCUT2D eigenvalue weighted by Crippen LogP contribution is 2.36. The Morgan fingerprint density at radius 2 is 2.11 bits per heavy atom. The van der Waals surface area contributed by atoms with Crippen molar-refractivity contribution < 1.29 is 19.0 Å². The largest absolute Gasteiger partial charge is 0.454 e. The predicted molar refractivity (Wildman–Crippen MR) is 145 cm³/mol. The van der Waals surface area contributed by atoms with Gasteiger partial charge in [0, 0.05) is 19.3 Å². The van der Waals surface area contributed by atoms with Gasteiger partial charge in [0.15, 0.2) is 11.5 Å². The fraction of sp³-hybridized carbons (Fsp3) is 0.308. The van der Waals surface area contributed by atoms with E-state index in [0.717, 1.165) is 30.6 Å². The summed E-state index contributed by atoms with van der Waals surface area (Å²) in [6.07, 6.45) is 5.31. The normalized spacial score (nSPS) is 20.0. The number of nitrogens with zero attached hydrogens (tertiary/aromatic N) is 3. The monoisotopic (exact) mass is 536 g/mol. The fourth-order valence-corrected chi connectivity index (χ4v) is 5.82. The lowest BCUT2D eigenvalue weighted by molar-refractivity contribution is -0.122. The standard InChI is InChI=1S/C26H24N4O5S2/c1-15-4-2-8-29-23(15)28-22(27-12-17-5-3-9-33-17)18(24(29)31)11-21-25(32)30(26(36)37-21)13-16-6-7-19-20(10-16)35-14-34-19/h2,4,6-8,10-11,17,27H,3,5,9,12-14H2,1H3. The molecule has 1 N–H and O–H groups in total. The number of rotatable bonds is 6. The van der Waals surface area contributed by atoms with Crippen LogP contribution >= 0.6 is 24.0 Å². The zero-order valence-corrected chi connectivity index (χ0v) is 21.7. The van der Waals surface area contributed by atoms with E-state index in [-0.39, 0.29) is 30.9 Å². The van der Waals surface area contributed by atoms with Crippen molar-refractivity contribution in [1.82, 2.24) is 14.3 Å². The summed E-state index contributed by atoms with van der Waals surface area (Å²) in [5.74, 6) is 1.49. The number of hydrogen-bond donors (Lipinski definition) is 1. The SMILES string of the molecule is Cc1cccn2c(=O)c(C=C3SC(=S)N(Cc4ccc5c(c4)OCO5)C3=O)c(NCC3CCCO3)nc12. The molecule has 3 aromatic rings. The summed E-state index contributed by atoms with van der Waals surface area (Å²) in [6, 6.07) is 9.26. The molecule has 0 spiro atoms. The van der Waals surface area contributed by atoms with Crippen LogP contribution in [0.4, 0.5) is 5.82 Å². The molecule has 190 valence electrons. The summed E-state index contributed by atoms with van der Waals surface area (Å²) in [4.78, 5) is 33.6. The topological polar surface area (TPSA) is 94.4 Å². The van der Waals surface area contributed by atoms with Gasteiger partial charge in [0.05, 0.1) is 23.1 Å². The molecule has 0 aliphatic carbocycles. The number of benzene rings is 1. The van der Waals surface area contributed by atoms with Crippen molar-refractivity contribution >= 4 is 51.7 Å². The highest BCUT2D eigenvalue weighted by molar-refractivity contribution is 8.26. The van der Waals surface area contributed by atoms with Crippen LogP contribution in [0.3, 0.4) is 0 Å². The van der Waals surface area contributed by atoms with Gasteiger partial charge in [0.2, 0.25) is 6.79 Å². The van der Waals surface area contributed by atoms with Gasteiger partial charge in [-0.05, 0) is 55.2 Å². The van der Waals surface area contributed by atoms with E-state index in [1.165, 1.54) is 21.1 Å². The maximum Gasteiger partial charge on any atom is 0.267 e. The number of thiocarbonyl (C=S) groups is 1. The quantitative estimate of drug-likeness (QED) is 0.374. The first-order valence-electron chi connectivity index (χ1n) is 12.0. The van der Waals surface area contributed by atoms with E-state index in [1.54, 1.807) is 18.3 Å². The smallest absolute Gasteiger partial charge is 0.267 e. The number of nitrogens with one attached hydrogen (secondary N) is 1. The number of hydrogen-bond acceptors (Lipinski definition) is 9. The average Bonchev–Trinajstić information content (AvgIpc) is 3.63. The molecule has 5 heterocycles. The zero-order valence-electron chi connectivity index (χ0n) is 20.1. The summed E-state index contributed by atoms with van der Waals surface area (Å²) in [7, 11) is 0. The highest BCUT2D eigenvalue weighted by atomic mass is 32.2. The first-order chi connectivity index (χ1) is 18.0. The van der Waals surface area contributed by atoms with Crippen molar-refractivity contribution in [2.75, 3.05) is 25.3 Å². The summed E-state index contributed by atoms with van der Waals surface area (Å²) < 4.78 is 18.5. The lowest BCUT2D eigenvalue weighted by atomic mass is 10.2. The first-order valence-corrected chi connectivity index (χ1v) is 13.2. The van der Waals surface area contributed by atoms with Crippen molar-refractivity contribution in [3.8, 4) is 11.5 Å². The van der Waals surface area contributed by atoms with Crippen LogP contribution in [-0.2, 0) is 16.1 Å². The molecule has 1 unspecified atom stereocenters. The number of anilines is 1. The van der Waals surface area contributed by atoms with Crippen LogP contribution < -0.4 is 20.3 Å². The Kier molecular flexibility index (Phi) is 6.35. The van der Waals surface area contributed by atoms with Crippen LogP contribution in [0.5, 0.6) is 11.5 Å². The van der Waals surface area contributed by atoms with Crippen LogP contribution in [0.25, 0.3) is 11.7 Å². The zero-order chi connectivity index (χ0) is 25.5. The average molecular weight is 537 g/mol. The number of aryl methyl sites for hydroxylation is 1. The molecule has 2 saturated heterocycles. The summed E-state index contributed by atoms with van der Waals surface area (Å²) in [5.41, 5.74) is 2.36. The van der Waals surface area contributed by atoms with Gasteiger partial charge in [-0.3, -0.25) is 18.9 Å². The van der Waals surface area contributed by atoms with Gasteiger partial charge in [0.25, 0.3) is 11.5 Å². The van der Waals surface area contributed by atoms with Gasteiger partial charge in [-0.25, -0.2) is 4.98 Å². The molecule has 37 heavy (non-hydrogen) atoms. The lowest BCUT2D eigenvalue weighted by Crippen LogP contribution is -2.27. The predicted octanol–water partition coefficient (Wildman–Crippen LogP) is 3.72. The molecule has 3 aliphatic heterocycles. The van der Waals surface area contributed by atoms with Gasteiger partial charge in [-0.15, -0.1) is 0 Å². The molecule has 1 aromatic carbocycles. The molecule has 0 saturated carbocycles. The molecule has 9 nitrogen and oxygen atoms in total. The van der Waals surface area contributed by atoms with Crippen molar-refractivity contribution in [2.45, 2.75) is 32.4 Å². The van der Waals surface area contributed by atoms with Gasteiger partial charge >= 0.3 is 0 Å². The number of carbonyl (C=O) groups is 1. The number of aromatic nitrogens is 2. The number of ether oxygens (including phenoxy) is 3. The minimum atomic E-state index is -0.260. The second-order valence-electron chi connectivity index (χ2n) is 9.04. The Morgan fingerprint density at radius 3 is 2.95 bits per heavy atom. The third kappa shape index (κ3) is 4.58. The maximum absolute atomic E-state index is 13.6. The first kappa shape index (κ1) is 24.0. The fourth-order valence-electron chi connectivity index (χ4n) is 4.58. The minimum Gasteiger partial charge on any atom is -0.454 e. The Hall–Kier alpha value is -3.41. The molecular formula is C26H24N4O5S2. The molecule has 0 radical (unpaired) electrons. The molecule has 11 heteroatoms. The number of amides is 1. The van der Waals surface area contributed by atoms with E-state index >= 15 is 0 Å². The molecule has 2 fully saturated rings. The number of fused-ring (bicyclic) bond motifs is 2. The Labute approximate surface area is 222 Å². The highest BCUT2D eigenvalue weighted by Gasteiger charge is 2.33. The van der Waals surface area contributed by atoms with Crippen molar-refractivity contribution in [1.29, 1.82) is 0 Å². The van der Waals surface area contributed by atoms with Gasteiger partial charge in [-0.1, -0.05) is 36.1 Å². The number of pyridine rings is 1. The minimum absolute atomic E-state index is 0.0601. The molecular weight excluding hydrogens is 512 g/mol. The number of carbonyl (C=O) groups excluding carboxylic acids is 1. The van der Waals surface area contributed by atoms with Crippen LogP contribution in [0, 0.1) is 6.92 Å². The van der Waals surface area contributed by atoms with Crippen LogP contribution in [0.2, 0.25) is 0 Å². The van der Waals surface area contributed by atoms with Crippen molar-refractivity contribution in [3.05, 3.63) is 68.5 Å². The molecule has 3 aliphatic rings. The molecule has 2 aromatic heterocycles. The van der Waals surface area contributed by atoms with E-state index in [2.05, 4.69) is 5.32 Å². The van der Waals surface area contributed by atoms with Gasteiger partial charge in [-0.2, -0.15) is 0 Å². The second-order valence-corrected chi connectivity index (χ2v) is 10.7.